The van der Waals surface area contributed by atoms with Crippen molar-refractivity contribution in [2.75, 3.05) is 38.7 Å². The average molecular weight is 291 g/mol. The Morgan fingerprint density at radius 2 is 2.14 bits per heavy atom. The Morgan fingerprint density at radius 3 is 2.76 bits per heavy atom. The van der Waals surface area contributed by atoms with Crippen LogP contribution in [0.25, 0.3) is 0 Å². The maximum Gasteiger partial charge on any atom is 0.0518 e. The number of rotatable bonds is 7. The second kappa shape index (κ2) is 7.25. The van der Waals surface area contributed by atoms with E-state index in [9.17, 15) is 0 Å². The number of fused-ring (bicyclic) bond motifs is 1. The van der Waals surface area contributed by atoms with Crippen LogP contribution in [0.4, 0.5) is 5.69 Å². The molecule has 1 heterocycles. The molecule has 2 rings (SSSR count). The smallest absolute Gasteiger partial charge is 0.0518 e. The molecular weight excluding hydrogens is 262 g/mol. The first-order valence-electron chi connectivity index (χ1n) is 7.88. The molecular formula is C17H29N3O. The lowest BCUT2D eigenvalue weighted by molar-refractivity contribution is 0.0675. The van der Waals surface area contributed by atoms with Crippen LogP contribution < -0.4 is 10.6 Å². The van der Waals surface area contributed by atoms with Crippen LogP contribution in [-0.4, -0.2) is 44.8 Å². The molecule has 4 heteroatoms. The number of anilines is 1. The zero-order chi connectivity index (χ0) is 15.4. The fourth-order valence-electron chi connectivity index (χ4n) is 2.94. The lowest BCUT2D eigenvalue weighted by Gasteiger charge is -2.24. The lowest BCUT2D eigenvalue weighted by Crippen LogP contribution is -2.29. The summed E-state index contributed by atoms with van der Waals surface area (Å²) >= 11 is 0. The van der Waals surface area contributed by atoms with Crippen LogP contribution in [0.5, 0.6) is 0 Å². The number of nitrogens with two attached hydrogens (primary N) is 1. The summed E-state index contributed by atoms with van der Waals surface area (Å²) in [4.78, 5) is 4.63. The highest BCUT2D eigenvalue weighted by atomic mass is 16.5. The summed E-state index contributed by atoms with van der Waals surface area (Å²) in [5.74, 6) is 0. The van der Waals surface area contributed by atoms with Gasteiger partial charge in [0.05, 0.1) is 6.10 Å². The summed E-state index contributed by atoms with van der Waals surface area (Å²) in [6.07, 6.45) is 1.37. The molecule has 0 saturated carbocycles. The number of ether oxygens (including phenoxy) is 1. The van der Waals surface area contributed by atoms with Crippen molar-refractivity contribution in [1.29, 1.82) is 0 Å². The fraction of sp³-hybridized carbons (Fsp3) is 0.647. The highest BCUT2D eigenvalue weighted by molar-refractivity contribution is 5.52. The van der Waals surface area contributed by atoms with Gasteiger partial charge >= 0.3 is 0 Å². The van der Waals surface area contributed by atoms with E-state index in [1.807, 2.05) is 0 Å². The van der Waals surface area contributed by atoms with Gasteiger partial charge in [0.25, 0.3) is 0 Å². The molecule has 1 unspecified atom stereocenters. The summed E-state index contributed by atoms with van der Waals surface area (Å²) in [5, 5.41) is 0. The monoisotopic (exact) mass is 291 g/mol. The minimum absolute atomic E-state index is 0.314. The van der Waals surface area contributed by atoms with Gasteiger partial charge in [-0.1, -0.05) is 6.07 Å². The van der Waals surface area contributed by atoms with Gasteiger partial charge in [-0.15, -0.1) is 0 Å². The van der Waals surface area contributed by atoms with Crippen LogP contribution >= 0.6 is 0 Å². The Balaban J connectivity index is 2.00. The lowest BCUT2D eigenvalue weighted by atomic mass is 10.0. The van der Waals surface area contributed by atoms with E-state index < -0.39 is 0 Å². The molecule has 1 aromatic carbocycles. The molecule has 21 heavy (non-hydrogen) atoms. The predicted molar refractivity (Wildman–Crippen MR) is 88.7 cm³/mol. The second-order valence-electron chi connectivity index (χ2n) is 6.27. The first kappa shape index (κ1) is 16.3. The first-order valence-corrected chi connectivity index (χ1v) is 7.88. The molecule has 0 amide bonds. The van der Waals surface area contributed by atoms with Crippen molar-refractivity contribution < 1.29 is 4.74 Å². The Bertz CT molecular complexity index is 459. The van der Waals surface area contributed by atoms with Crippen molar-refractivity contribution in [3.8, 4) is 0 Å². The highest BCUT2D eigenvalue weighted by Crippen LogP contribution is 2.35. The molecule has 0 saturated heterocycles. The van der Waals surface area contributed by atoms with E-state index >= 15 is 0 Å². The van der Waals surface area contributed by atoms with Gasteiger partial charge < -0.3 is 15.4 Å². The third-order valence-electron chi connectivity index (χ3n) is 4.08. The molecule has 2 N–H and O–H groups in total. The predicted octanol–water partition coefficient (Wildman–Crippen LogP) is 2.38. The van der Waals surface area contributed by atoms with Gasteiger partial charge in [-0.05, 0) is 43.5 Å². The van der Waals surface area contributed by atoms with E-state index in [2.05, 4.69) is 55.9 Å². The quantitative estimate of drug-likeness (QED) is 0.783. The van der Waals surface area contributed by atoms with E-state index in [0.29, 0.717) is 18.7 Å². The minimum atomic E-state index is 0.314. The summed E-state index contributed by atoms with van der Waals surface area (Å²) in [5.41, 5.74) is 10.1. The van der Waals surface area contributed by atoms with Crippen LogP contribution in [0.2, 0.25) is 0 Å². The van der Waals surface area contributed by atoms with E-state index in [1.165, 1.54) is 16.8 Å². The molecule has 1 atom stereocenters. The Labute approximate surface area is 128 Å². The van der Waals surface area contributed by atoms with Crippen molar-refractivity contribution in [3.05, 3.63) is 29.3 Å². The number of hydrogen-bond acceptors (Lipinski definition) is 4. The molecule has 4 nitrogen and oxygen atoms in total. The normalized spacial score (nSPS) is 18.3. The van der Waals surface area contributed by atoms with E-state index in [1.54, 1.807) is 0 Å². The fourth-order valence-corrected chi connectivity index (χ4v) is 2.94. The molecule has 0 aromatic heterocycles. The van der Waals surface area contributed by atoms with Crippen molar-refractivity contribution in [2.45, 2.75) is 39.0 Å². The van der Waals surface area contributed by atoms with E-state index in [-0.39, 0.29) is 0 Å². The van der Waals surface area contributed by atoms with Crippen LogP contribution in [0.1, 0.15) is 37.4 Å². The molecule has 0 radical (unpaired) electrons. The van der Waals surface area contributed by atoms with Crippen molar-refractivity contribution in [2.24, 2.45) is 5.73 Å². The SMILES string of the molecule is CC(C)OCCCN1Cc2ccc(N(C)C)cc2C1CN. The molecule has 0 aliphatic carbocycles. The van der Waals surface area contributed by atoms with Crippen LogP contribution in [0.15, 0.2) is 18.2 Å². The van der Waals surface area contributed by atoms with Gasteiger partial charge in [-0.25, -0.2) is 0 Å². The maximum atomic E-state index is 6.03. The third kappa shape index (κ3) is 3.96. The number of benzene rings is 1. The second-order valence-corrected chi connectivity index (χ2v) is 6.27. The Hall–Kier alpha value is -1.10. The summed E-state index contributed by atoms with van der Waals surface area (Å²) < 4.78 is 5.63. The number of hydrogen-bond donors (Lipinski definition) is 1. The Kier molecular flexibility index (Phi) is 5.62. The van der Waals surface area contributed by atoms with Gasteiger partial charge in [-0.2, -0.15) is 0 Å². The Morgan fingerprint density at radius 1 is 1.38 bits per heavy atom. The molecule has 1 aromatic rings. The van der Waals surface area contributed by atoms with E-state index in [0.717, 1.165) is 26.1 Å². The molecule has 0 fully saturated rings. The largest absolute Gasteiger partial charge is 0.379 e. The van der Waals surface area contributed by atoms with Gasteiger partial charge in [0.1, 0.15) is 0 Å². The van der Waals surface area contributed by atoms with Gasteiger partial charge in [0, 0.05) is 52.1 Å². The summed E-state index contributed by atoms with van der Waals surface area (Å²) in [7, 11) is 4.16. The first-order chi connectivity index (χ1) is 10.0. The molecule has 0 spiro atoms. The van der Waals surface area contributed by atoms with Gasteiger partial charge in [0.15, 0.2) is 0 Å². The van der Waals surface area contributed by atoms with Crippen molar-refractivity contribution >= 4 is 5.69 Å². The standard InChI is InChI=1S/C17H29N3O/c1-13(2)21-9-5-8-20-12-14-6-7-15(19(3)4)10-16(14)17(20)11-18/h6-7,10,13,17H,5,8-9,11-12,18H2,1-4H3. The van der Waals surface area contributed by atoms with Crippen molar-refractivity contribution in [1.82, 2.24) is 4.90 Å². The summed E-state index contributed by atoms with van der Waals surface area (Å²) in [6, 6.07) is 7.08. The molecule has 118 valence electrons. The molecule has 0 bridgehead atoms. The number of nitrogens with zero attached hydrogens (tertiary/aromatic N) is 2. The molecule has 1 aliphatic heterocycles. The van der Waals surface area contributed by atoms with Gasteiger partial charge in [-0.3, -0.25) is 4.90 Å². The zero-order valence-electron chi connectivity index (χ0n) is 13.8. The highest BCUT2D eigenvalue weighted by Gasteiger charge is 2.28. The van der Waals surface area contributed by atoms with Crippen LogP contribution in [0, 0.1) is 0 Å². The minimum Gasteiger partial charge on any atom is -0.379 e. The van der Waals surface area contributed by atoms with Gasteiger partial charge in [0.2, 0.25) is 0 Å². The topological polar surface area (TPSA) is 41.7 Å². The van der Waals surface area contributed by atoms with E-state index in [4.69, 9.17) is 10.5 Å². The summed E-state index contributed by atoms with van der Waals surface area (Å²) in [6.45, 7) is 7.71. The zero-order valence-corrected chi connectivity index (χ0v) is 13.8. The maximum absolute atomic E-state index is 6.03. The third-order valence-corrected chi connectivity index (χ3v) is 4.08. The molecule has 1 aliphatic rings. The van der Waals surface area contributed by atoms with Crippen LogP contribution in [0.3, 0.4) is 0 Å². The average Bonchev–Trinajstić information content (AvgIpc) is 2.79. The van der Waals surface area contributed by atoms with Crippen molar-refractivity contribution in [3.63, 3.8) is 0 Å². The van der Waals surface area contributed by atoms with Crippen LogP contribution in [-0.2, 0) is 11.3 Å².